The highest BCUT2D eigenvalue weighted by Crippen LogP contribution is 2.20. The molecule has 0 fully saturated rings. The third kappa shape index (κ3) is 8.47. The Kier molecular flexibility index (Phi) is 16.1. The molecule has 0 bridgehead atoms. The zero-order valence-corrected chi connectivity index (χ0v) is 24.8. The molecule has 0 radical (unpaired) electrons. The monoisotopic (exact) mass is 484 g/mol. The molecule has 0 N–H and O–H groups in total. The average Bonchev–Trinajstić information content (AvgIpc) is 2.90. The summed E-state index contributed by atoms with van der Waals surface area (Å²) in [6.07, 6.45) is 53.0. The lowest BCUT2D eigenvalue weighted by molar-refractivity contribution is 2.05. The van der Waals surface area contributed by atoms with Crippen molar-refractivity contribution in [2.24, 2.45) is 0 Å². The van der Waals surface area contributed by atoms with Crippen LogP contribution in [0.25, 0.3) is 0 Å². The van der Waals surface area contributed by atoms with Crippen LogP contribution in [0.5, 0.6) is 0 Å². The highest BCUT2D eigenvalue weighted by Gasteiger charge is 2.60. The zero-order chi connectivity index (χ0) is 30.4. The van der Waals surface area contributed by atoms with Crippen LogP contribution >= 0.6 is 0 Å². The van der Waals surface area contributed by atoms with Gasteiger partial charge in [-0.3, -0.25) is 0 Å². The van der Waals surface area contributed by atoms with Crippen LogP contribution in [0.15, 0.2) is 0 Å². The lowest BCUT2D eigenvalue weighted by atomic mass is 8.37. The molecule has 0 aromatic heterocycles. The molecule has 0 rings (SSSR count). The molecule has 0 aromatic carbocycles. The fourth-order valence-corrected chi connectivity index (χ4v) is 7.02. The third-order valence-corrected chi connectivity index (χ3v) is 8.35. The van der Waals surface area contributed by atoms with E-state index < -0.39 is 45.6 Å². The second-order valence-electron chi connectivity index (χ2n) is 11.4. The summed E-state index contributed by atoms with van der Waals surface area (Å²) in [5, 5.41) is 0. The minimum atomic E-state index is -0.710. The van der Waals surface area contributed by atoms with E-state index in [-0.39, 0.29) is 45.6 Å². The standard InChI is InChI=1S/C25H30B14/c1-17-29(16)35(28(14)15)38(34(26(10)11)27(12)13)39(36(30(18-2)19-3)31(20-4)21-5)37(32(22-6)23-7)33(24-8)25-9/h1-9H,10-16H3. The minimum Gasteiger partial charge on any atom is -0.170 e. The van der Waals surface area contributed by atoms with E-state index in [1.54, 1.807) is 0 Å². The van der Waals surface area contributed by atoms with Crippen LogP contribution in [0.4, 0.5) is 0 Å². The maximum atomic E-state index is 6.09. The molecule has 0 nitrogen and oxygen atoms in total. The highest BCUT2D eigenvalue weighted by atomic mass is 13.6. The first-order chi connectivity index (χ1) is 18.4. The number of hydrogen-bond donors (Lipinski definition) is 0. The molecule has 0 heterocycles. The van der Waals surface area contributed by atoms with E-state index in [9.17, 15) is 0 Å². The third-order valence-electron chi connectivity index (χ3n) is 8.35. The van der Waals surface area contributed by atoms with E-state index >= 15 is 0 Å². The van der Waals surface area contributed by atoms with Gasteiger partial charge < -0.3 is 0 Å². The Balaban J connectivity index is 8.48. The van der Waals surface area contributed by atoms with Gasteiger partial charge in [0.1, 0.15) is 12.8 Å². The molecule has 0 saturated heterocycles. The molecule has 0 aliphatic heterocycles. The number of hydrogen-bond acceptors (Lipinski definition) is 0. The van der Waals surface area contributed by atoms with E-state index in [0.29, 0.717) is 0 Å². The average molecular weight is 482 g/mol. The second-order valence-corrected chi connectivity index (χ2v) is 11.4. The molecular weight excluding hydrogens is 452 g/mol. The molecule has 0 aliphatic carbocycles. The van der Waals surface area contributed by atoms with Crippen molar-refractivity contribution in [2.75, 3.05) is 0 Å². The lowest BCUT2D eigenvalue weighted by Crippen LogP contribution is -2.86. The van der Waals surface area contributed by atoms with Gasteiger partial charge in [0.15, 0.2) is 6.60 Å². The minimum absolute atomic E-state index is 0.0135. The molecule has 14 heteroatoms. The molecule has 0 amide bonds. The van der Waals surface area contributed by atoms with Gasteiger partial charge in [-0.05, 0) is 0 Å². The van der Waals surface area contributed by atoms with Crippen LogP contribution in [-0.2, 0) is 0 Å². The Morgan fingerprint density at radius 1 is 0.282 bits per heavy atom. The Morgan fingerprint density at radius 3 is 0.692 bits per heavy atom. The molecule has 172 valence electrons. The van der Waals surface area contributed by atoms with Crippen LogP contribution in [0.1, 0.15) is 0 Å². The van der Waals surface area contributed by atoms with Crippen molar-refractivity contribution in [2.45, 2.75) is 47.8 Å². The summed E-state index contributed by atoms with van der Waals surface area (Å²) >= 11 is 0. The maximum Gasteiger partial charge on any atom is 0.266 e. The van der Waals surface area contributed by atoms with Gasteiger partial charge in [0, 0.05) is 19.2 Å². The summed E-state index contributed by atoms with van der Waals surface area (Å²) in [6.45, 7) is 13.0. The van der Waals surface area contributed by atoms with Crippen molar-refractivity contribution in [3.8, 4) is 110 Å². The van der Waals surface area contributed by atoms with Crippen molar-refractivity contribution >= 4 is 91.1 Å². The summed E-state index contributed by atoms with van der Waals surface area (Å²) in [7, 11) is 0. The van der Waals surface area contributed by atoms with Gasteiger partial charge in [-0.1, -0.05) is 47.8 Å². The Labute approximate surface area is 248 Å². The van der Waals surface area contributed by atoms with E-state index in [1.165, 1.54) is 0 Å². The van der Waals surface area contributed by atoms with Gasteiger partial charge in [0.25, 0.3) is 26.4 Å². The highest BCUT2D eigenvalue weighted by molar-refractivity contribution is 8.18. The van der Waals surface area contributed by atoms with E-state index in [2.05, 4.69) is 100 Å². The van der Waals surface area contributed by atoms with Crippen LogP contribution in [0.2, 0.25) is 47.8 Å². The largest absolute Gasteiger partial charge is 0.266 e. The quantitative estimate of drug-likeness (QED) is 0.254. The normalized spacial score (nSPS) is 8.15. The van der Waals surface area contributed by atoms with Crippen molar-refractivity contribution in [3.63, 3.8) is 0 Å². The molecule has 0 spiro atoms. The Morgan fingerprint density at radius 2 is 0.513 bits per heavy atom. The fourth-order valence-electron chi connectivity index (χ4n) is 7.02. The van der Waals surface area contributed by atoms with Crippen LogP contribution in [-0.4, -0.2) is 91.1 Å². The van der Waals surface area contributed by atoms with Crippen molar-refractivity contribution in [3.05, 3.63) is 0 Å². The molecule has 0 saturated carbocycles. The Bertz CT molecular complexity index is 1010. The molecule has 39 heavy (non-hydrogen) atoms. The molecule has 0 aliphatic rings. The van der Waals surface area contributed by atoms with E-state index in [0.717, 1.165) is 0 Å². The van der Waals surface area contributed by atoms with Gasteiger partial charge in [-0.25, -0.2) is 0 Å². The van der Waals surface area contributed by atoms with Crippen molar-refractivity contribution < 1.29 is 0 Å². The lowest BCUT2D eigenvalue weighted by Gasteiger charge is -2.45. The number of rotatable bonds is 13. The number of terminal acetylenes is 9. The topological polar surface area (TPSA) is 0 Å². The molecular formula is C25H30B14. The van der Waals surface area contributed by atoms with Gasteiger partial charge >= 0.3 is 0 Å². The van der Waals surface area contributed by atoms with Gasteiger partial charge in [-0.15, -0.1) is 57.8 Å². The van der Waals surface area contributed by atoms with Crippen molar-refractivity contribution in [1.82, 2.24) is 0 Å². The van der Waals surface area contributed by atoms with Gasteiger partial charge in [0.05, 0.1) is 26.2 Å². The fraction of sp³-hybridized carbons (Fsp3) is 0.280. The summed E-state index contributed by atoms with van der Waals surface area (Å²) in [4.78, 5) is 0. The SMILES string of the molecule is C#CB(C)B(B(C)C)B(B(B(C)C)B(C)C)B(B(B(C#C)C#C)B(C#C)C#C)B(B(C#C)C#C)B(C#C)C#C. The first-order valence-electron chi connectivity index (χ1n) is 13.6. The second kappa shape index (κ2) is 17.5. The zero-order valence-electron chi connectivity index (χ0n) is 24.8. The predicted molar refractivity (Wildman–Crippen MR) is 201 cm³/mol. The van der Waals surface area contributed by atoms with E-state index in [1.807, 2.05) is 0 Å². The van der Waals surface area contributed by atoms with E-state index in [4.69, 9.17) is 57.8 Å². The van der Waals surface area contributed by atoms with Gasteiger partial charge in [0.2, 0.25) is 0 Å². The Hall–Kier alpha value is -3.05. The summed E-state index contributed by atoms with van der Waals surface area (Å²) in [5.41, 5.74) is 0. The molecule has 0 unspecified atom stereocenters. The first-order valence-corrected chi connectivity index (χ1v) is 13.6. The summed E-state index contributed by atoms with van der Waals surface area (Å²) in [5.74, 6) is 25.2. The van der Waals surface area contributed by atoms with Crippen LogP contribution < -0.4 is 0 Å². The van der Waals surface area contributed by atoms with Crippen molar-refractivity contribution in [1.29, 1.82) is 0 Å². The smallest absolute Gasteiger partial charge is 0.170 e. The first kappa shape index (κ1) is 35.9. The van der Waals surface area contributed by atoms with Crippen LogP contribution in [0.3, 0.4) is 0 Å². The molecule has 0 aromatic rings. The van der Waals surface area contributed by atoms with Gasteiger partial charge in [-0.2, -0.15) is 52.4 Å². The summed E-state index contributed by atoms with van der Waals surface area (Å²) in [6, 6.07) is 0. The predicted octanol–water partition coefficient (Wildman–Crippen LogP) is -0.107. The summed E-state index contributed by atoms with van der Waals surface area (Å²) < 4.78 is 0. The molecule has 0 atom stereocenters. The maximum absolute atomic E-state index is 6.09. The van der Waals surface area contributed by atoms with Crippen LogP contribution in [0, 0.1) is 110 Å².